The van der Waals surface area contributed by atoms with Crippen molar-refractivity contribution in [3.8, 4) is 6.07 Å². The average Bonchev–Trinajstić information content (AvgIpc) is 2.74. The smallest absolute Gasteiger partial charge is 0.149 e. The van der Waals surface area contributed by atoms with Crippen LogP contribution < -0.4 is 10.2 Å². The number of aromatic nitrogens is 1. The molecule has 1 aromatic carbocycles. The zero-order valence-corrected chi connectivity index (χ0v) is 17.2. The van der Waals surface area contributed by atoms with Gasteiger partial charge in [-0.1, -0.05) is 30.3 Å². The lowest BCUT2D eigenvalue weighted by molar-refractivity contribution is 0.210. The molecule has 154 valence electrons. The number of methoxy groups -OCH3 is 1. The largest absolute Gasteiger partial charge is 0.395 e. The normalized spacial score (nSPS) is 13.6. The molecule has 1 aliphatic rings. The van der Waals surface area contributed by atoms with Gasteiger partial charge in [0.25, 0.3) is 0 Å². The molecule has 2 aromatic rings. The zero-order chi connectivity index (χ0) is 20.6. The van der Waals surface area contributed by atoms with E-state index in [4.69, 9.17) is 9.72 Å². The van der Waals surface area contributed by atoms with Crippen LogP contribution in [0.15, 0.2) is 30.3 Å². The lowest BCUT2D eigenvalue weighted by Gasteiger charge is -2.32. The molecule has 3 rings (SSSR count). The summed E-state index contributed by atoms with van der Waals surface area (Å²) < 4.78 is 5.17. The molecular weight excluding hydrogens is 366 g/mol. The van der Waals surface area contributed by atoms with Crippen LogP contribution in [0.25, 0.3) is 0 Å². The molecule has 7 nitrogen and oxygen atoms in total. The Morgan fingerprint density at radius 2 is 2.10 bits per heavy atom. The van der Waals surface area contributed by atoms with Crippen molar-refractivity contribution in [2.24, 2.45) is 0 Å². The fraction of sp³-hybridized carbons (Fsp3) is 0.455. The topological polar surface area (TPSA) is 84.6 Å². The van der Waals surface area contributed by atoms with Crippen LogP contribution >= 0.6 is 0 Å². The van der Waals surface area contributed by atoms with Crippen molar-refractivity contribution in [3.63, 3.8) is 0 Å². The van der Waals surface area contributed by atoms with Gasteiger partial charge in [0, 0.05) is 52.4 Å². The van der Waals surface area contributed by atoms with E-state index in [-0.39, 0.29) is 6.61 Å². The summed E-state index contributed by atoms with van der Waals surface area (Å²) in [5.74, 6) is 1.42. The number of hydrogen-bond donors (Lipinski definition) is 2. The summed E-state index contributed by atoms with van der Waals surface area (Å²) in [4.78, 5) is 9.02. The fourth-order valence-corrected chi connectivity index (χ4v) is 3.72. The molecule has 2 heterocycles. The first-order chi connectivity index (χ1) is 14.2. The number of aliphatic hydroxyl groups excluding tert-OH is 1. The zero-order valence-electron chi connectivity index (χ0n) is 17.2. The van der Waals surface area contributed by atoms with Crippen molar-refractivity contribution < 1.29 is 9.84 Å². The Labute approximate surface area is 172 Å². The van der Waals surface area contributed by atoms with Gasteiger partial charge >= 0.3 is 0 Å². The second kappa shape index (κ2) is 10.2. The SMILES string of the molecule is COCCNc1nc(N(C)CCO)c(C#N)c2c1CN(Cc1ccccc1)CC2. The highest BCUT2D eigenvalue weighted by Gasteiger charge is 2.26. The first-order valence-electron chi connectivity index (χ1n) is 9.94. The minimum Gasteiger partial charge on any atom is -0.395 e. The van der Waals surface area contributed by atoms with Crippen LogP contribution in [0, 0.1) is 11.3 Å². The van der Waals surface area contributed by atoms with E-state index < -0.39 is 0 Å². The number of pyridine rings is 1. The Hall–Kier alpha value is -2.66. The highest BCUT2D eigenvalue weighted by molar-refractivity contribution is 5.66. The van der Waals surface area contributed by atoms with Gasteiger partial charge in [0.05, 0.1) is 18.8 Å². The summed E-state index contributed by atoms with van der Waals surface area (Å²) in [5.41, 5.74) is 4.04. The molecule has 0 aliphatic carbocycles. The number of fused-ring (bicyclic) bond motifs is 1. The lowest BCUT2D eigenvalue weighted by Crippen LogP contribution is -2.33. The summed E-state index contributed by atoms with van der Waals surface area (Å²) in [5, 5.41) is 22.6. The first-order valence-corrected chi connectivity index (χ1v) is 9.94. The van der Waals surface area contributed by atoms with Crippen LogP contribution in [-0.4, -0.2) is 62.0 Å². The second-order valence-corrected chi connectivity index (χ2v) is 7.24. The van der Waals surface area contributed by atoms with Crippen LogP contribution in [0.4, 0.5) is 11.6 Å². The number of benzene rings is 1. The van der Waals surface area contributed by atoms with Gasteiger partial charge in [0.2, 0.25) is 0 Å². The molecule has 0 unspecified atom stereocenters. The van der Waals surface area contributed by atoms with Crippen LogP contribution in [0.3, 0.4) is 0 Å². The minimum atomic E-state index is 0.0113. The Balaban J connectivity index is 1.94. The van der Waals surface area contributed by atoms with Crippen LogP contribution in [-0.2, 0) is 24.2 Å². The van der Waals surface area contributed by atoms with E-state index in [1.807, 2.05) is 18.0 Å². The molecule has 0 saturated carbocycles. The summed E-state index contributed by atoms with van der Waals surface area (Å²) in [7, 11) is 3.53. The summed E-state index contributed by atoms with van der Waals surface area (Å²) in [6, 6.07) is 12.8. The summed E-state index contributed by atoms with van der Waals surface area (Å²) >= 11 is 0. The molecule has 0 fully saturated rings. The van der Waals surface area contributed by atoms with E-state index in [0.717, 1.165) is 43.0 Å². The second-order valence-electron chi connectivity index (χ2n) is 7.24. The van der Waals surface area contributed by atoms with Gasteiger partial charge in [-0.05, 0) is 17.5 Å². The van der Waals surface area contributed by atoms with Gasteiger partial charge in [-0.2, -0.15) is 5.26 Å². The first kappa shape index (κ1) is 21.1. The Morgan fingerprint density at radius 1 is 1.31 bits per heavy atom. The average molecular weight is 396 g/mol. The molecule has 1 aliphatic heterocycles. The van der Waals surface area contributed by atoms with E-state index >= 15 is 0 Å². The van der Waals surface area contributed by atoms with Crippen LogP contribution in [0.5, 0.6) is 0 Å². The van der Waals surface area contributed by atoms with Crippen LogP contribution in [0.2, 0.25) is 0 Å². The molecule has 1 aromatic heterocycles. The minimum absolute atomic E-state index is 0.0113. The molecule has 0 spiro atoms. The monoisotopic (exact) mass is 395 g/mol. The quantitative estimate of drug-likeness (QED) is 0.628. The highest BCUT2D eigenvalue weighted by Crippen LogP contribution is 2.33. The van der Waals surface area contributed by atoms with Gasteiger partial charge in [0.15, 0.2) is 0 Å². The van der Waals surface area contributed by atoms with Crippen molar-refractivity contribution in [2.45, 2.75) is 19.5 Å². The molecule has 0 saturated heterocycles. The van der Waals surface area contributed by atoms with Gasteiger partial charge in [-0.15, -0.1) is 0 Å². The summed E-state index contributed by atoms with van der Waals surface area (Å²) in [6.45, 7) is 4.16. The highest BCUT2D eigenvalue weighted by atomic mass is 16.5. The molecule has 0 atom stereocenters. The van der Waals surface area contributed by atoms with Gasteiger partial charge in [0.1, 0.15) is 17.7 Å². The number of rotatable bonds is 9. The van der Waals surface area contributed by atoms with Crippen molar-refractivity contribution >= 4 is 11.6 Å². The number of ether oxygens (including phenoxy) is 1. The number of anilines is 2. The number of nitrogens with one attached hydrogen (secondary N) is 1. The number of nitriles is 1. The Bertz CT molecular complexity index is 851. The fourth-order valence-electron chi connectivity index (χ4n) is 3.72. The Kier molecular flexibility index (Phi) is 7.42. The van der Waals surface area contributed by atoms with E-state index in [1.165, 1.54) is 5.56 Å². The summed E-state index contributed by atoms with van der Waals surface area (Å²) in [6.07, 6.45) is 0.798. The van der Waals surface area contributed by atoms with E-state index in [0.29, 0.717) is 31.1 Å². The number of aliphatic hydroxyl groups is 1. The predicted molar refractivity (Wildman–Crippen MR) is 114 cm³/mol. The van der Waals surface area contributed by atoms with Crippen molar-refractivity contribution in [2.75, 3.05) is 57.2 Å². The maximum atomic E-state index is 9.86. The number of hydrogen-bond acceptors (Lipinski definition) is 7. The van der Waals surface area contributed by atoms with E-state index in [1.54, 1.807) is 7.11 Å². The van der Waals surface area contributed by atoms with Crippen molar-refractivity contribution in [1.29, 1.82) is 5.26 Å². The third-order valence-electron chi connectivity index (χ3n) is 5.21. The molecule has 0 amide bonds. The standard InChI is InChI=1S/C22H29N5O2/c1-26(11-12-28)22-19(14-23)18-8-10-27(15-17-6-4-3-5-7-17)16-20(18)21(25-22)24-9-13-29-2/h3-7,28H,8-13,15-16H2,1-2H3,(H,24,25). The maximum absolute atomic E-state index is 9.86. The Morgan fingerprint density at radius 3 is 2.79 bits per heavy atom. The molecule has 2 N–H and O–H groups in total. The van der Waals surface area contributed by atoms with Crippen molar-refractivity contribution in [1.82, 2.24) is 9.88 Å². The molecular formula is C22H29N5O2. The number of likely N-dealkylation sites (N-methyl/N-ethyl adjacent to an activating group) is 1. The number of nitrogens with zero attached hydrogens (tertiary/aromatic N) is 4. The van der Waals surface area contributed by atoms with Crippen molar-refractivity contribution in [3.05, 3.63) is 52.6 Å². The van der Waals surface area contributed by atoms with Gasteiger partial charge in [-0.3, -0.25) is 4.90 Å². The third-order valence-corrected chi connectivity index (χ3v) is 5.21. The molecule has 0 bridgehead atoms. The maximum Gasteiger partial charge on any atom is 0.149 e. The van der Waals surface area contributed by atoms with Gasteiger partial charge in [-0.25, -0.2) is 4.98 Å². The molecule has 7 heteroatoms. The van der Waals surface area contributed by atoms with Gasteiger partial charge < -0.3 is 20.1 Å². The predicted octanol–water partition coefficient (Wildman–Crippen LogP) is 2.00. The lowest BCUT2D eigenvalue weighted by atomic mass is 9.95. The van der Waals surface area contributed by atoms with E-state index in [9.17, 15) is 10.4 Å². The molecule has 0 radical (unpaired) electrons. The van der Waals surface area contributed by atoms with Crippen LogP contribution in [0.1, 0.15) is 22.3 Å². The third kappa shape index (κ3) is 5.04. The van der Waals surface area contributed by atoms with E-state index in [2.05, 4.69) is 40.6 Å². The molecule has 29 heavy (non-hydrogen) atoms.